The van der Waals surface area contributed by atoms with Gasteiger partial charge in [0, 0.05) is 42.3 Å². The van der Waals surface area contributed by atoms with E-state index in [0.717, 1.165) is 67.2 Å². The molecular formula is C32H34N4O5. The van der Waals surface area contributed by atoms with Gasteiger partial charge in [-0.1, -0.05) is 18.2 Å². The minimum absolute atomic E-state index is 0.0811. The molecule has 41 heavy (non-hydrogen) atoms. The van der Waals surface area contributed by atoms with Crippen molar-refractivity contribution in [1.82, 2.24) is 14.9 Å². The second kappa shape index (κ2) is 13.7. The Balaban J connectivity index is 1.25. The van der Waals surface area contributed by atoms with Gasteiger partial charge in [-0.3, -0.25) is 9.69 Å². The summed E-state index contributed by atoms with van der Waals surface area (Å²) in [6.45, 7) is 5.02. The Morgan fingerprint density at radius 3 is 2.49 bits per heavy atom. The van der Waals surface area contributed by atoms with E-state index in [1.54, 1.807) is 38.5 Å². The first-order valence-electron chi connectivity index (χ1n) is 13.6. The molecule has 5 rings (SSSR count). The number of allylic oxidation sites excluding steroid dienone is 1. The summed E-state index contributed by atoms with van der Waals surface area (Å²) in [5, 5.41) is 4.15. The van der Waals surface area contributed by atoms with E-state index >= 15 is 0 Å². The fourth-order valence-corrected chi connectivity index (χ4v) is 4.57. The Kier molecular flexibility index (Phi) is 9.41. The lowest BCUT2D eigenvalue weighted by molar-refractivity contribution is 0.0357. The number of ketones is 1. The van der Waals surface area contributed by atoms with Gasteiger partial charge < -0.3 is 24.3 Å². The molecule has 9 nitrogen and oxygen atoms in total. The number of methoxy groups -OCH3 is 2. The van der Waals surface area contributed by atoms with Gasteiger partial charge in [-0.15, -0.1) is 0 Å². The van der Waals surface area contributed by atoms with E-state index in [9.17, 15) is 4.79 Å². The highest BCUT2D eigenvalue weighted by Gasteiger charge is 2.14. The van der Waals surface area contributed by atoms with Gasteiger partial charge >= 0.3 is 0 Å². The number of nitrogens with zero attached hydrogens (tertiary/aromatic N) is 3. The molecule has 0 unspecified atom stereocenters. The number of benzene rings is 3. The lowest BCUT2D eigenvalue weighted by Gasteiger charge is -2.26. The van der Waals surface area contributed by atoms with Crippen LogP contribution < -0.4 is 19.5 Å². The Morgan fingerprint density at radius 1 is 0.976 bits per heavy atom. The molecule has 1 aliphatic heterocycles. The first-order chi connectivity index (χ1) is 20.1. The molecule has 0 atom stereocenters. The molecular weight excluding hydrogens is 520 g/mol. The van der Waals surface area contributed by atoms with E-state index in [-0.39, 0.29) is 5.78 Å². The summed E-state index contributed by atoms with van der Waals surface area (Å²) >= 11 is 0. The largest absolute Gasteiger partial charge is 0.497 e. The molecule has 1 aliphatic rings. The number of hydrogen-bond acceptors (Lipinski definition) is 9. The fourth-order valence-electron chi connectivity index (χ4n) is 4.57. The van der Waals surface area contributed by atoms with Crippen molar-refractivity contribution in [3.05, 3.63) is 84.2 Å². The van der Waals surface area contributed by atoms with Crippen LogP contribution in [0.15, 0.2) is 73.1 Å². The normalized spacial score (nSPS) is 13.8. The number of fused-ring (bicyclic) bond motifs is 1. The van der Waals surface area contributed by atoms with E-state index in [0.29, 0.717) is 29.5 Å². The van der Waals surface area contributed by atoms with Gasteiger partial charge in [0.25, 0.3) is 0 Å². The Labute approximate surface area is 239 Å². The molecule has 0 bridgehead atoms. The average Bonchev–Trinajstić information content (AvgIpc) is 3.03. The third-order valence-electron chi connectivity index (χ3n) is 6.88. The highest BCUT2D eigenvalue weighted by molar-refractivity contribution is 6.07. The molecule has 0 aliphatic carbocycles. The summed E-state index contributed by atoms with van der Waals surface area (Å²) in [7, 11) is 3.25. The summed E-state index contributed by atoms with van der Waals surface area (Å²) in [5.74, 6) is 2.59. The monoisotopic (exact) mass is 554 g/mol. The van der Waals surface area contributed by atoms with Crippen molar-refractivity contribution in [2.45, 2.75) is 6.42 Å². The zero-order valence-corrected chi connectivity index (χ0v) is 23.3. The van der Waals surface area contributed by atoms with Crippen LogP contribution in [-0.2, 0) is 4.74 Å². The van der Waals surface area contributed by atoms with Crippen molar-refractivity contribution >= 4 is 34.3 Å². The zero-order chi connectivity index (χ0) is 28.4. The third-order valence-corrected chi connectivity index (χ3v) is 6.88. The van der Waals surface area contributed by atoms with Gasteiger partial charge in [0.05, 0.1) is 39.6 Å². The van der Waals surface area contributed by atoms with Gasteiger partial charge in [-0.2, -0.15) is 0 Å². The molecule has 1 saturated heterocycles. The Bertz CT molecular complexity index is 1480. The number of anilines is 2. The van der Waals surface area contributed by atoms with Crippen LogP contribution >= 0.6 is 0 Å². The highest BCUT2D eigenvalue weighted by atomic mass is 16.5. The van der Waals surface area contributed by atoms with E-state index in [2.05, 4.69) is 20.2 Å². The maximum Gasteiger partial charge on any atom is 0.185 e. The van der Waals surface area contributed by atoms with Crippen LogP contribution in [0.4, 0.5) is 11.5 Å². The van der Waals surface area contributed by atoms with Crippen LogP contribution in [0, 0.1) is 0 Å². The molecule has 4 aromatic rings. The van der Waals surface area contributed by atoms with E-state index in [1.807, 2.05) is 48.5 Å². The van der Waals surface area contributed by atoms with Crippen LogP contribution in [0.5, 0.6) is 17.2 Å². The average molecular weight is 555 g/mol. The Hall–Kier alpha value is -4.47. The van der Waals surface area contributed by atoms with Crippen molar-refractivity contribution < 1.29 is 23.7 Å². The SMILES string of the molecule is COc1ccc(/C=C/C(=O)c2ccc(Nc3ncnc4cc(OC)c(OCCCN5CCOCC5)cc34)cc2)cc1. The van der Waals surface area contributed by atoms with Crippen molar-refractivity contribution in [2.75, 3.05) is 59.0 Å². The molecule has 2 heterocycles. The van der Waals surface area contributed by atoms with Gasteiger partial charge in [-0.05, 0) is 60.5 Å². The molecule has 212 valence electrons. The van der Waals surface area contributed by atoms with Crippen molar-refractivity contribution in [2.24, 2.45) is 0 Å². The number of carbonyl (C=O) groups excluding carboxylic acids is 1. The van der Waals surface area contributed by atoms with Crippen molar-refractivity contribution in [3.8, 4) is 17.2 Å². The molecule has 1 fully saturated rings. The third kappa shape index (κ3) is 7.39. The van der Waals surface area contributed by atoms with Crippen LogP contribution in [0.3, 0.4) is 0 Å². The first-order valence-corrected chi connectivity index (χ1v) is 13.6. The van der Waals surface area contributed by atoms with Gasteiger partial charge in [0.15, 0.2) is 17.3 Å². The highest BCUT2D eigenvalue weighted by Crippen LogP contribution is 2.35. The molecule has 0 radical (unpaired) electrons. The second-order valence-corrected chi connectivity index (χ2v) is 9.57. The number of morpholine rings is 1. The summed E-state index contributed by atoms with van der Waals surface area (Å²) in [5.41, 5.74) is 3.04. The molecule has 1 N–H and O–H groups in total. The first kappa shape index (κ1) is 28.1. The molecule has 0 saturated carbocycles. The maximum atomic E-state index is 12.7. The minimum atomic E-state index is -0.0811. The lowest BCUT2D eigenvalue weighted by atomic mass is 10.1. The van der Waals surface area contributed by atoms with Gasteiger partial charge in [0.2, 0.25) is 0 Å². The number of ether oxygens (including phenoxy) is 4. The smallest absolute Gasteiger partial charge is 0.185 e. The summed E-state index contributed by atoms with van der Waals surface area (Å²) in [6, 6.07) is 18.6. The number of aromatic nitrogens is 2. The molecule has 0 spiro atoms. The van der Waals surface area contributed by atoms with Gasteiger partial charge in [-0.25, -0.2) is 9.97 Å². The molecule has 9 heteroatoms. The quantitative estimate of drug-likeness (QED) is 0.141. The Morgan fingerprint density at radius 2 is 1.76 bits per heavy atom. The maximum absolute atomic E-state index is 12.7. The van der Waals surface area contributed by atoms with E-state index < -0.39 is 0 Å². The minimum Gasteiger partial charge on any atom is -0.497 e. The summed E-state index contributed by atoms with van der Waals surface area (Å²) < 4.78 is 22.3. The number of hydrogen-bond donors (Lipinski definition) is 1. The molecule has 0 amide bonds. The van der Waals surface area contributed by atoms with Crippen LogP contribution in [-0.4, -0.2) is 74.3 Å². The van der Waals surface area contributed by atoms with E-state index in [4.69, 9.17) is 18.9 Å². The number of carbonyl (C=O) groups is 1. The lowest BCUT2D eigenvalue weighted by Crippen LogP contribution is -2.37. The predicted molar refractivity (Wildman–Crippen MR) is 160 cm³/mol. The number of nitrogens with one attached hydrogen (secondary N) is 1. The van der Waals surface area contributed by atoms with Crippen molar-refractivity contribution in [1.29, 1.82) is 0 Å². The van der Waals surface area contributed by atoms with Crippen LogP contribution in [0.25, 0.3) is 17.0 Å². The van der Waals surface area contributed by atoms with E-state index in [1.165, 1.54) is 6.33 Å². The predicted octanol–water partition coefficient (Wildman–Crippen LogP) is 5.39. The second-order valence-electron chi connectivity index (χ2n) is 9.57. The summed E-state index contributed by atoms with van der Waals surface area (Å²) in [4.78, 5) is 24.0. The zero-order valence-electron chi connectivity index (χ0n) is 23.3. The number of rotatable bonds is 12. The van der Waals surface area contributed by atoms with Gasteiger partial charge in [0.1, 0.15) is 17.9 Å². The van der Waals surface area contributed by atoms with Crippen LogP contribution in [0.2, 0.25) is 0 Å². The fraction of sp³-hybridized carbons (Fsp3) is 0.281. The van der Waals surface area contributed by atoms with Crippen molar-refractivity contribution in [3.63, 3.8) is 0 Å². The standard InChI is InChI=1S/C32H34N4O5/c1-38-26-11-4-23(5-12-26)6-13-29(37)24-7-9-25(10-8-24)35-32-27-20-31(30(39-2)21-28(27)33-22-34-32)41-17-3-14-36-15-18-40-19-16-36/h4-13,20-22H,3,14-19H2,1-2H3,(H,33,34,35)/b13-6+. The summed E-state index contributed by atoms with van der Waals surface area (Å²) in [6.07, 6.45) is 5.77. The van der Waals surface area contributed by atoms with Crippen LogP contribution in [0.1, 0.15) is 22.3 Å². The molecule has 3 aromatic carbocycles. The molecule has 1 aromatic heterocycles. The topological polar surface area (TPSA) is 95.0 Å².